The molecule has 1 amide bonds. The SMILES string of the molecule is NCCCCCn1c(NC(=O)c2cccc(C(=O)O)c2)nc2cc(F)ccc21. The number of nitrogens with two attached hydrogens (primary N) is 1. The average Bonchev–Trinajstić information content (AvgIpc) is 3.01. The molecule has 28 heavy (non-hydrogen) atoms. The summed E-state index contributed by atoms with van der Waals surface area (Å²) >= 11 is 0. The number of unbranched alkanes of at least 4 members (excludes halogenated alkanes) is 2. The quantitative estimate of drug-likeness (QED) is 0.516. The van der Waals surface area contributed by atoms with E-state index < -0.39 is 17.7 Å². The Kier molecular flexibility index (Phi) is 6.00. The van der Waals surface area contributed by atoms with Crippen LogP contribution in [0, 0.1) is 5.82 Å². The minimum absolute atomic E-state index is 0.0185. The highest BCUT2D eigenvalue weighted by molar-refractivity contribution is 6.05. The van der Waals surface area contributed by atoms with Crippen LogP contribution in [-0.4, -0.2) is 33.1 Å². The van der Waals surface area contributed by atoms with E-state index in [0.717, 1.165) is 19.3 Å². The number of aryl methyl sites for hydroxylation is 1. The molecule has 0 unspecified atom stereocenters. The Morgan fingerprint density at radius 1 is 1.11 bits per heavy atom. The summed E-state index contributed by atoms with van der Waals surface area (Å²) in [5, 5.41) is 11.8. The molecule has 0 radical (unpaired) electrons. The number of halogens is 1. The van der Waals surface area contributed by atoms with Crippen molar-refractivity contribution < 1.29 is 19.1 Å². The van der Waals surface area contributed by atoms with Crippen molar-refractivity contribution in [1.29, 1.82) is 0 Å². The third-order valence-corrected chi connectivity index (χ3v) is 4.39. The lowest BCUT2D eigenvalue weighted by Crippen LogP contribution is -2.17. The van der Waals surface area contributed by atoms with Gasteiger partial charge in [-0.1, -0.05) is 12.5 Å². The second-order valence-corrected chi connectivity index (χ2v) is 6.41. The number of carboxylic acid groups (broad SMARTS) is 1. The van der Waals surface area contributed by atoms with Crippen LogP contribution in [0.15, 0.2) is 42.5 Å². The summed E-state index contributed by atoms with van der Waals surface area (Å²) in [5.41, 5.74) is 6.90. The number of benzene rings is 2. The van der Waals surface area contributed by atoms with E-state index >= 15 is 0 Å². The Labute approximate surface area is 161 Å². The van der Waals surface area contributed by atoms with Gasteiger partial charge in [0.1, 0.15) is 5.82 Å². The molecule has 146 valence electrons. The molecular formula is C20H21FN4O3. The number of nitrogens with zero attached hydrogens (tertiary/aromatic N) is 2. The van der Waals surface area contributed by atoms with Gasteiger partial charge in [0.15, 0.2) is 0 Å². The third kappa shape index (κ3) is 4.34. The van der Waals surface area contributed by atoms with Crippen LogP contribution < -0.4 is 11.1 Å². The highest BCUT2D eigenvalue weighted by atomic mass is 19.1. The molecule has 2 aromatic carbocycles. The van der Waals surface area contributed by atoms with Gasteiger partial charge in [0, 0.05) is 18.2 Å². The summed E-state index contributed by atoms with van der Waals surface area (Å²) in [6.45, 7) is 1.20. The van der Waals surface area contributed by atoms with Gasteiger partial charge in [0.25, 0.3) is 5.91 Å². The van der Waals surface area contributed by atoms with Crippen LogP contribution in [0.1, 0.15) is 40.0 Å². The van der Waals surface area contributed by atoms with Crippen molar-refractivity contribution in [3.63, 3.8) is 0 Å². The maximum atomic E-state index is 13.6. The Balaban J connectivity index is 1.89. The lowest BCUT2D eigenvalue weighted by atomic mass is 10.1. The van der Waals surface area contributed by atoms with E-state index in [-0.39, 0.29) is 11.1 Å². The molecule has 8 heteroatoms. The molecular weight excluding hydrogens is 363 g/mol. The zero-order chi connectivity index (χ0) is 20.1. The summed E-state index contributed by atoms with van der Waals surface area (Å²) in [7, 11) is 0. The van der Waals surface area contributed by atoms with Crippen molar-refractivity contribution in [2.75, 3.05) is 11.9 Å². The largest absolute Gasteiger partial charge is 0.478 e. The smallest absolute Gasteiger partial charge is 0.335 e. The topological polar surface area (TPSA) is 110 Å². The highest BCUT2D eigenvalue weighted by Gasteiger charge is 2.16. The van der Waals surface area contributed by atoms with Gasteiger partial charge in [-0.15, -0.1) is 0 Å². The van der Waals surface area contributed by atoms with E-state index in [2.05, 4.69) is 10.3 Å². The highest BCUT2D eigenvalue weighted by Crippen LogP contribution is 2.22. The summed E-state index contributed by atoms with van der Waals surface area (Å²) < 4.78 is 15.4. The number of imidazole rings is 1. The molecule has 1 aromatic heterocycles. The number of anilines is 1. The van der Waals surface area contributed by atoms with Crippen LogP contribution in [-0.2, 0) is 6.54 Å². The molecule has 0 saturated carbocycles. The third-order valence-electron chi connectivity index (χ3n) is 4.39. The Morgan fingerprint density at radius 3 is 2.64 bits per heavy atom. The number of nitrogens with one attached hydrogen (secondary N) is 1. The molecule has 3 rings (SSSR count). The fourth-order valence-corrected chi connectivity index (χ4v) is 2.98. The Bertz CT molecular complexity index is 1020. The van der Waals surface area contributed by atoms with E-state index in [1.54, 1.807) is 6.07 Å². The first kappa shape index (κ1) is 19.5. The molecule has 0 atom stereocenters. The molecule has 1 heterocycles. The number of fused-ring (bicyclic) bond motifs is 1. The monoisotopic (exact) mass is 384 g/mol. The van der Waals surface area contributed by atoms with Crippen LogP contribution in [0.2, 0.25) is 0 Å². The second kappa shape index (κ2) is 8.62. The minimum Gasteiger partial charge on any atom is -0.478 e. The molecule has 0 aliphatic rings. The van der Waals surface area contributed by atoms with Crippen LogP contribution in [0.4, 0.5) is 10.3 Å². The number of amides is 1. The first-order chi connectivity index (χ1) is 13.5. The lowest BCUT2D eigenvalue weighted by molar-refractivity contribution is 0.0697. The van der Waals surface area contributed by atoms with Crippen LogP contribution >= 0.6 is 0 Å². The molecule has 0 bridgehead atoms. The zero-order valence-electron chi connectivity index (χ0n) is 15.2. The predicted octanol–water partition coefficient (Wildman–Crippen LogP) is 3.25. The van der Waals surface area contributed by atoms with Gasteiger partial charge in [-0.25, -0.2) is 14.2 Å². The molecule has 7 nitrogen and oxygen atoms in total. The molecule has 0 aliphatic heterocycles. The normalized spacial score (nSPS) is 10.9. The van der Waals surface area contributed by atoms with Gasteiger partial charge in [0.2, 0.25) is 5.95 Å². The fraction of sp³-hybridized carbons (Fsp3) is 0.250. The van der Waals surface area contributed by atoms with E-state index in [1.165, 1.54) is 36.4 Å². The van der Waals surface area contributed by atoms with Crippen molar-refractivity contribution in [2.24, 2.45) is 5.73 Å². The van der Waals surface area contributed by atoms with Crippen molar-refractivity contribution in [3.05, 3.63) is 59.4 Å². The molecule has 0 saturated heterocycles. The van der Waals surface area contributed by atoms with Crippen molar-refractivity contribution >= 4 is 28.9 Å². The standard InChI is InChI=1S/C20H21FN4O3/c21-15-7-8-17-16(12-15)23-20(25(17)10-3-1-2-9-22)24-18(26)13-5-4-6-14(11-13)19(27)28/h4-8,11-12H,1-3,9-10,22H2,(H,27,28)(H,23,24,26). The summed E-state index contributed by atoms with van der Waals surface area (Å²) in [4.78, 5) is 28.1. The van der Waals surface area contributed by atoms with Gasteiger partial charge in [-0.05, 0) is 49.7 Å². The summed E-state index contributed by atoms with van der Waals surface area (Å²) in [5.74, 6) is -1.72. The number of carbonyl (C=O) groups excluding carboxylic acids is 1. The van der Waals surface area contributed by atoms with Gasteiger partial charge in [-0.2, -0.15) is 0 Å². The maximum Gasteiger partial charge on any atom is 0.335 e. The van der Waals surface area contributed by atoms with E-state index in [9.17, 15) is 14.0 Å². The molecule has 0 spiro atoms. The number of carboxylic acids is 1. The van der Waals surface area contributed by atoms with Crippen molar-refractivity contribution in [3.8, 4) is 0 Å². The minimum atomic E-state index is -1.11. The van der Waals surface area contributed by atoms with Gasteiger partial charge in [-0.3, -0.25) is 10.1 Å². The average molecular weight is 384 g/mol. The maximum absolute atomic E-state index is 13.6. The van der Waals surface area contributed by atoms with E-state index in [1.807, 2.05) is 4.57 Å². The predicted molar refractivity (Wildman–Crippen MR) is 104 cm³/mol. The number of aromatic nitrogens is 2. The van der Waals surface area contributed by atoms with Gasteiger partial charge >= 0.3 is 5.97 Å². The number of aromatic carboxylic acids is 1. The molecule has 3 aromatic rings. The second-order valence-electron chi connectivity index (χ2n) is 6.41. The number of carbonyl (C=O) groups is 2. The number of hydrogen-bond acceptors (Lipinski definition) is 4. The fourth-order valence-electron chi connectivity index (χ4n) is 2.98. The van der Waals surface area contributed by atoms with E-state index in [4.69, 9.17) is 10.8 Å². The van der Waals surface area contributed by atoms with Gasteiger partial charge < -0.3 is 15.4 Å². The summed E-state index contributed by atoms with van der Waals surface area (Å²) in [6.07, 6.45) is 2.65. The van der Waals surface area contributed by atoms with Crippen molar-refractivity contribution in [1.82, 2.24) is 9.55 Å². The van der Waals surface area contributed by atoms with Crippen molar-refractivity contribution in [2.45, 2.75) is 25.8 Å². The Morgan fingerprint density at radius 2 is 1.89 bits per heavy atom. The number of rotatable bonds is 8. The van der Waals surface area contributed by atoms with E-state index in [0.29, 0.717) is 30.1 Å². The number of hydrogen-bond donors (Lipinski definition) is 3. The Hall–Kier alpha value is -3.26. The van der Waals surface area contributed by atoms with Crippen LogP contribution in [0.5, 0.6) is 0 Å². The summed E-state index contributed by atoms with van der Waals surface area (Å²) in [6, 6.07) is 10.0. The van der Waals surface area contributed by atoms with Crippen LogP contribution in [0.3, 0.4) is 0 Å². The first-order valence-electron chi connectivity index (χ1n) is 9.00. The zero-order valence-corrected chi connectivity index (χ0v) is 15.2. The molecule has 0 fully saturated rings. The van der Waals surface area contributed by atoms with Gasteiger partial charge in [0.05, 0.1) is 16.6 Å². The van der Waals surface area contributed by atoms with Crippen LogP contribution in [0.25, 0.3) is 11.0 Å². The molecule has 4 N–H and O–H groups in total. The first-order valence-corrected chi connectivity index (χ1v) is 9.00. The molecule has 0 aliphatic carbocycles. The lowest BCUT2D eigenvalue weighted by Gasteiger charge is -2.10.